The zero-order chi connectivity index (χ0) is 14.7. The topological polar surface area (TPSA) is 78.4 Å². The number of urea groups is 1. The molecular weight excluding hydrogens is 263 g/mol. The van der Waals surface area contributed by atoms with Crippen molar-refractivity contribution in [3.8, 4) is 0 Å². The van der Waals surface area contributed by atoms with Crippen LogP contribution in [0.25, 0.3) is 0 Å². The Hall–Kier alpha value is -2.11. The van der Waals surface area contributed by atoms with Gasteiger partial charge in [0.2, 0.25) is 0 Å². The van der Waals surface area contributed by atoms with E-state index < -0.39 is 23.4 Å². The number of carbonyl (C=O) groups excluding carboxylic acids is 1. The molecule has 20 heavy (non-hydrogen) atoms. The molecular formula is C14H17FN2O3. The van der Waals surface area contributed by atoms with Crippen LogP contribution in [0.2, 0.25) is 0 Å². The SMILES string of the molecule is CC1CCCC1NC(=O)Nc1ccc(F)c(C(=O)O)c1. The van der Waals surface area contributed by atoms with Crippen molar-refractivity contribution in [1.82, 2.24) is 5.32 Å². The number of aromatic carboxylic acids is 1. The fraction of sp³-hybridized carbons (Fsp3) is 0.429. The van der Waals surface area contributed by atoms with Gasteiger partial charge in [-0.15, -0.1) is 0 Å². The summed E-state index contributed by atoms with van der Waals surface area (Å²) in [5.74, 6) is -1.76. The van der Waals surface area contributed by atoms with Gasteiger partial charge in [0.05, 0.1) is 5.56 Å². The number of carbonyl (C=O) groups is 2. The highest BCUT2D eigenvalue weighted by Crippen LogP contribution is 2.24. The lowest BCUT2D eigenvalue weighted by atomic mass is 10.1. The quantitative estimate of drug-likeness (QED) is 0.796. The van der Waals surface area contributed by atoms with E-state index in [-0.39, 0.29) is 11.7 Å². The Morgan fingerprint density at radius 2 is 2.10 bits per heavy atom. The van der Waals surface area contributed by atoms with Crippen LogP contribution in [0.3, 0.4) is 0 Å². The van der Waals surface area contributed by atoms with Crippen molar-refractivity contribution >= 4 is 17.7 Å². The second-order valence-electron chi connectivity index (χ2n) is 5.11. The molecule has 1 aromatic carbocycles. The summed E-state index contributed by atoms with van der Waals surface area (Å²) in [6, 6.07) is 3.20. The molecule has 1 aliphatic carbocycles. The zero-order valence-corrected chi connectivity index (χ0v) is 11.1. The van der Waals surface area contributed by atoms with Gasteiger partial charge in [0.25, 0.3) is 0 Å². The second-order valence-corrected chi connectivity index (χ2v) is 5.11. The average Bonchev–Trinajstić information content (AvgIpc) is 2.77. The summed E-state index contributed by atoms with van der Waals surface area (Å²) < 4.78 is 13.2. The Labute approximate surface area is 116 Å². The third-order valence-electron chi connectivity index (χ3n) is 3.63. The Balaban J connectivity index is 2.00. The smallest absolute Gasteiger partial charge is 0.338 e. The number of benzene rings is 1. The van der Waals surface area contributed by atoms with Crippen molar-refractivity contribution in [2.45, 2.75) is 32.2 Å². The maximum absolute atomic E-state index is 13.2. The van der Waals surface area contributed by atoms with Gasteiger partial charge in [-0.25, -0.2) is 14.0 Å². The molecule has 2 rings (SSSR count). The van der Waals surface area contributed by atoms with E-state index in [0.29, 0.717) is 5.92 Å². The first kappa shape index (κ1) is 14.3. The number of hydrogen-bond donors (Lipinski definition) is 3. The molecule has 3 N–H and O–H groups in total. The lowest BCUT2D eigenvalue weighted by Crippen LogP contribution is -2.39. The molecule has 0 spiro atoms. The van der Waals surface area contributed by atoms with Gasteiger partial charge >= 0.3 is 12.0 Å². The summed E-state index contributed by atoms with van der Waals surface area (Å²) >= 11 is 0. The molecule has 2 amide bonds. The van der Waals surface area contributed by atoms with Gasteiger partial charge in [-0.1, -0.05) is 13.3 Å². The number of nitrogens with one attached hydrogen (secondary N) is 2. The second kappa shape index (κ2) is 5.90. The standard InChI is InChI=1S/C14H17FN2O3/c1-8-3-2-4-12(8)17-14(20)16-9-5-6-11(15)10(7-9)13(18)19/h5-8,12H,2-4H2,1H3,(H,18,19)(H2,16,17,20). The van der Waals surface area contributed by atoms with Crippen molar-refractivity contribution in [2.24, 2.45) is 5.92 Å². The molecule has 2 atom stereocenters. The fourth-order valence-corrected chi connectivity index (χ4v) is 2.46. The largest absolute Gasteiger partial charge is 0.478 e. The first-order valence-corrected chi connectivity index (χ1v) is 6.57. The normalized spacial score (nSPS) is 21.5. The number of amides is 2. The van der Waals surface area contributed by atoms with Crippen LogP contribution in [0.1, 0.15) is 36.5 Å². The van der Waals surface area contributed by atoms with Gasteiger partial charge in [0, 0.05) is 11.7 Å². The van der Waals surface area contributed by atoms with Gasteiger partial charge in [0.1, 0.15) is 5.82 Å². The first-order valence-electron chi connectivity index (χ1n) is 6.57. The van der Waals surface area contributed by atoms with Crippen molar-refractivity contribution in [3.05, 3.63) is 29.6 Å². The van der Waals surface area contributed by atoms with E-state index >= 15 is 0 Å². The monoisotopic (exact) mass is 280 g/mol. The molecule has 2 unspecified atom stereocenters. The predicted molar refractivity (Wildman–Crippen MR) is 72.3 cm³/mol. The molecule has 0 heterocycles. The van der Waals surface area contributed by atoms with Gasteiger partial charge in [-0.2, -0.15) is 0 Å². The summed E-state index contributed by atoms with van der Waals surface area (Å²) in [5, 5.41) is 14.2. The van der Waals surface area contributed by atoms with Crippen molar-refractivity contribution in [2.75, 3.05) is 5.32 Å². The van der Waals surface area contributed by atoms with Crippen LogP contribution in [0.5, 0.6) is 0 Å². The Kier molecular flexibility index (Phi) is 4.22. The van der Waals surface area contributed by atoms with Crippen LogP contribution in [0.15, 0.2) is 18.2 Å². The van der Waals surface area contributed by atoms with Crippen molar-refractivity contribution in [3.63, 3.8) is 0 Å². The molecule has 5 nitrogen and oxygen atoms in total. The van der Waals surface area contributed by atoms with Crippen LogP contribution in [-0.2, 0) is 0 Å². The maximum Gasteiger partial charge on any atom is 0.338 e. The summed E-state index contributed by atoms with van der Waals surface area (Å²) in [5.41, 5.74) is -0.205. The Bertz CT molecular complexity index is 533. The third kappa shape index (κ3) is 3.26. The molecule has 1 aromatic rings. The average molecular weight is 280 g/mol. The van der Waals surface area contributed by atoms with E-state index in [1.165, 1.54) is 6.07 Å². The summed E-state index contributed by atoms with van der Waals surface area (Å²) in [6.07, 6.45) is 3.12. The Morgan fingerprint density at radius 1 is 1.35 bits per heavy atom. The van der Waals surface area contributed by atoms with Crippen LogP contribution in [0.4, 0.5) is 14.9 Å². The van der Waals surface area contributed by atoms with E-state index in [9.17, 15) is 14.0 Å². The molecule has 6 heteroatoms. The maximum atomic E-state index is 13.2. The van der Waals surface area contributed by atoms with E-state index in [4.69, 9.17) is 5.11 Å². The zero-order valence-electron chi connectivity index (χ0n) is 11.1. The van der Waals surface area contributed by atoms with Gasteiger partial charge in [-0.3, -0.25) is 0 Å². The summed E-state index contributed by atoms with van der Waals surface area (Å²) in [4.78, 5) is 22.6. The number of rotatable bonds is 3. The number of anilines is 1. The number of carboxylic acid groups (broad SMARTS) is 1. The first-order chi connectivity index (χ1) is 9.47. The van der Waals surface area contributed by atoms with E-state index in [2.05, 4.69) is 17.6 Å². The van der Waals surface area contributed by atoms with Crippen LogP contribution >= 0.6 is 0 Å². The fourth-order valence-electron chi connectivity index (χ4n) is 2.46. The van der Waals surface area contributed by atoms with E-state index in [0.717, 1.165) is 31.4 Å². The van der Waals surface area contributed by atoms with E-state index in [1.807, 2.05) is 0 Å². The van der Waals surface area contributed by atoms with Crippen molar-refractivity contribution < 1.29 is 19.1 Å². The Morgan fingerprint density at radius 3 is 2.70 bits per heavy atom. The molecule has 1 aliphatic rings. The minimum absolute atomic E-state index is 0.134. The molecule has 1 fully saturated rings. The predicted octanol–water partition coefficient (Wildman–Crippen LogP) is 2.83. The van der Waals surface area contributed by atoms with Gasteiger partial charge in [0.15, 0.2) is 0 Å². The number of halogens is 1. The highest BCUT2D eigenvalue weighted by atomic mass is 19.1. The molecule has 0 bridgehead atoms. The lowest BCUT2D eigenvalue weighted by Gasteiger charge is -2.17. The molecule has 0 aliphatic heterocycles. The minimum atomic E-state index is -1.36. The minimum Gasteiger partial charge on any atom is -0.478 e. The molecule has 0 saturated heterocycles. The van der Waals surface area contributed by atoms with Crippen LogP contribution in [0, 0.1) is 11.7 Å². The highest BCUT2D eigenvalue weighted by molar-refractivity contribution is 5.93. The summed E-state index contributed by atoms with van der Waals surface area (Å²) in [6.45, 7) is 2.08. The van der Waals surface area contributed by atoms with Gasteiger partial charge < -0.3 is 15.7 Å². The highest BCUT2D eigenvalue weighted by Gasteiger charge is 2.24. The third-order valence-corrected chi connectivity index (χ3v) is 3.63. The molecule has 0 radical (unpaired) electrons. The number of carboxylic acids is 1. The lowest BCUT2D eigenvalue weighted by molar-refractivity contribution is 0.0692. The van der Waals surface area contributed by atoms with Crippen LogP contribution < -0.4 is 10.6 Å². The van der Waals surface area contributed by atoms with Crippen molar-refractivity contribution in [1.29, 1.82) is 0 Å². The van der Waals surface area contributed by atoms with E-state index in [1.54, 1.807) is 0 Å². The molecule has 0 aromatic heterocycles. The van der Waals surface area contributed by atoms with Gasteiger partial charge in [-0.05, 0) is 37.0 Å². The van der Waals surface area contributed by atoms with Crippen LogP contribution in [-0.4, -0.2) is 23.1 Å². The summed E-state index contributed by atoms with van der Waals surface area (Å²) in [7, 11) is 0. The molecule has 108 valence electrons. The molecule has 1 saturated carbocycles. The number of hydrogen-bond acceptors (Lipinski definition) is 2.